The fourth-order valence-electron chi connectivity index (χ4n) is 1.77. The lowest BCUT2D eigenvalue weighted by atomic mass is 10.4. The molecular formula is C13H16N4O3. The topological polar surface area (TPSA) is 89.2 Å². The number of nitrogens with one attached hydrogen (secondary N) is 2. The highest BCUT2D eigenvalue weighted by Gasteiger charge is 2.10. The molecule has 0 radical (unpaired) electrons. The first kappa shape index (κ1) is 13.9. The summed E-state index contributed by atoms with van der Waals surface area (Å²) in [6.07, 6.45) is 1.61. The minimum Gasteiger partial charge on any atom is -0.459 e. The SMILES string of the molecule is Cc1cc(C)n(CCC(=O)NNC(=O)c2ccco2)n1. The first-order chi connectivity index (χ1) is 9.56. The van der Waals surface area contributed by atoms with Crippen molar-refractivity contribution in [2.45, 2.75) is 26.8 Å². The van der Waals surface area contributed by atoms with Gasteiger partial charge in [0, 0.05) is 12.1 Å². The fraction of sp³-hybridized carbons (Fsp3) is 0.308. The molecule has 0 aromatic carbocycles. The standard InChI is InChI=1S/C13H16N4O3/c1-9-8-10(2)17(16-9)6-5-12(18)14-15-13(19)11-4-3-7-20-11/h3-4,7-8H,5-6H2,1-2H3,(H,14,18)(H,15,19). The van der Waals surface area contributed by atoms with Crippen LogP contribution in [-0.2, 0) is 11.3 Å². The van der Waals surface area contributed by atoms with E-state index in [-0.39, 0.29) is 18.1 Å². The Morgan fingerprint density at radius 1 is 1.35 bits per heavy atom. The van der Waals surface area contributed by atoms with E-state index in [4.69, 9.17) is 4.42 Å². The van der Waals surface area contributed by atoms with E-state index in [9.17, 15) is 9.59 Å². The zero-order chi connectivity index (χ0) is 14.5. The van der Waals surface area contributed by atoms with Crippen LogP contribution >= 0.6 is 0 Å². The number of nitrogens with zero attached hydrogens (tertiary/aromatic N) is 2. The molecule has 2 heterocycles. The van der Waals surface area contributed by atoms with E-state index in [1.807, 2.05) is 19.9 Å². The number of hydrazine groups is 1. The van der Waals surface area contributed by atoms with Crippen LogP contribution in [0.15, 0.2) is 28.9 Å². The minimum absolute atomic E-state index is 0.142. The molecule has 0 aliphatic carbocycles. The Kier molecular flexibility index (Phi) is 4.19. The molecular weight excluding hydrogens is 260 g/mol. The first-order valence-corrected chi connectivity index (χ1v) is 6.20. The van der Waals surface area contributed by atoms with E-state index in [1.165, 1.54) is 12.3 Å². The number of carbonyl (C=O) groups is 2. The van der Waals surface area contributed by atoms with Gasteiger partial charge in [0.2, 0.25) is 5.91 Å². The largest absolute Gasteiger partial charge is 0.459 e. The molecule has 20 heavy (non-hydrogen) atoms. The number of hydrogen-bond donors (Lipinski definition) is 2. The minimum atomic E-state index is -0.491. The normalized spacial score (nSPS) is 10.3. The maximum absolute atomic E-state index is 11.6. The van der Waals surface area contributed by atoms with Crippen molar-refractivity contribution in [2.24, 2.45) is 0 Å². The number of aryl methyl sites for hydroxylation is 3. The Morgan fingerprint density at radius 3 is 2.75 bits per heavy atom. The predicted octanol–water partition coefficient (Wildman–Crippen LogP) is 0.944. The summed E-state index contributed by atoms with van der Waals surface area (Å²) in [5.74, 6) is -0.643. The molecule has 0 aliphatic rings. The molecule has 106 valence electrons. The van der Waals surface area contributed by atoms with Crippen LogP contribution in [-0.4, -0.2) is 21.6 Å². The monoisotopic (exact) mass is 276 g/mol. The molecule has 0 unspecified atom stereocenters. The highest BCUT2D eigenvalue weighted by molar-refractivity contribution is 5.92. The molecule has 2 N–H and O–H groups in total. The van der Waals surface area contributed by atoms with Gasteiger partial charge >= 0.3 is 5.91 Å². The van der Waals surface area contributed by atoms with E-state index in [1.54, 1.807) is 10.7 Å². The smallest absolute Gasteiger partial charge is 0.305 e. The van der Waals surface area contributed by atoms with Crippen LogP contribution < -0.4 is 10.9 Å². The number of amides is 2. The van der Waals surface area contributed by atoms with Gasteiger partial charge < -0.3 is 4.42 Å². The predicted molar refractivity (Wildman–Crippen MR) is 70.6 cm³/mol. The Bertz CT molecular complexity index is 601. The lowest BCUT2D eigenvalue weighted by molar-refractivity contribution is -0.122. The van der Waals surface area contributed by atoms with Crippen LogP contribution in [0.25, 0.3) is 0 Å². The van der Waals surface area contributed by atoms with Gasteiger partial charge in [0.05, 0.1) is 18.5 Å². The van der Waals surface area contributed by atoms with Gasteiger partial charge in [-0.15, -0.1) is 0 Å². The average molecular weight is 276 g/mol. The molecule has 0 bridgehead atoms. The fourth-order valence-corrected chi connectivity index (χ4v) is 1.77. The van der Waals surface area contributed by atoms with Gasteiger partial charge in [0.15, 0.2) is 5.76 Å². The Morgan fingerprint density at radius 2 is 2.15 bits per heavy atom. The molecule has 0 saturated carbocycles. The summed E-state index contributed by atoms with van der Waals surface area (Å²) in [7, 11) is 0. The third kappa shape index (κ3) is 3.47. The summed E-state index contributed by atoms with van der Waals surface area (Å²) in [6.45, 7) is 4.28. The van der Waals surface area contributed by atoms with Gasteiger partial charge in [-0.3, -0.25) is 25.1 Å². The first-order valence-electron chi connectivity index (χ1n) is 6.20. The van der Waals surface area contributed by atoms with Crippen LogP contribution in [0.4, 0.5) is 0 Å². The Balaban J connectivity index is 1.76. The van der Waals surface area contributed by atoms with Crippen LogP contribution in [0.2, 0.25) is 0 Å². The molecule has 0 fully saturated rings. The molecule has 2 aromatic heterocycles. The number of carbonyl (C=O) groups excluding carboxylic acids is 2. The second-order valence-corrected chi connectivity index (χ2v) is 4.38. The van der Waals surface area contributed by atoms with Crippen molar-refractivity contribution in [1.29, 1.82) is 0 Å². The van der Waals surface area contributed by atoms with Crippen molar-refractivity contribution >= 4 is 11.8 Å². The summed E-state index contributed by atoms with van der Waals surface area (Å²) in [6, 6.07) is 5.05. The molecule has 7 heteroatoms. The summed E-state index contributed by atoms with van der Waals surface area (Å²) in [5, 5.41) is 4.25. The zero-order valence-corrected chi connectivity index (χ0v) is 11.3. The van der Waals surface area contributed by atoms with Gasteiger partial charge in [-0.25, -0.2) is 0 Å². The van der Waals surface area contributed by atoms with Crippen LogP contribution in [0.3, 0.4) is 0 Å². The molecule has 0 atom stereocenters. The average Bonchev–Trinajstić information content (AvgIpc) is 3.03. The Hall–Kier alpha value is -2.57. The number of aromatic nitrogens is 2. The molecule has 2 rings (SSSR count). The van der Waals surface area contributed by atoms with Gasteiger partial charge in [-0.05, 0) is 32.0 Å². The van der Waals surface area contributed by atoms with E-state index in [0.717, 1.165) is 11.4 Å². The quantitative estimate of drug-likeness (QED) is 0.813. The maximum Gasteiger partial charge on any atom is 0.305 e. The third-order valence-electron chi connectivity index (χ3n) is 2.71. The zero-order valence-electron chi connectivity index (χ0n) is 11.3. The highest BCUT2D eigenvalue weighted by atomic mass is 16.3. The van der Waals surface area contributed by atoms with Crippen molar-refractivity contribution in [3.05, 3.63) is 41.6 Å². The molecule has 7 nitrogen and oxygen atoms in total. The van der Waals surface area contributed by atoms with Crippen molar-refractivity contribution in [3.8, 4) is 0 Å². The Labute approximate surface area is 115 Å². The second kappa shape index (κ2) is 6.05. The lowest BCUT2D eigenvalue weighted by Crippen LogP contribution is -2.41. The van der Waals surface area contributed by atoms with Crippen molar-refractivity contribution in [1.82, 2.24) is 20.6 Å². The van der Waals surface area contributed by atoms with Gasteiger partial charge in [0.1, 0.15) is 0 Å². The molecule has 0 saturated heterocycles. The van der Waals surface area contributed by atoms with Gasteiger partial charge in [0.25, 0.3) is 0 Å². The molecule has 0 spiro atoms. The number of rotatable bonds is 4. The summed E-state index contributed by atoms with van der Waals surface area (Å²) >= 11 is 0. The van der Waals surface area contributed by atoms with Crippen molar-refractivity contribution in [3.63, 3.8) is 0 Å². The van der Waals surface area contributed by atoms with Crippen molar-refractivity contribution in [2.75, 3.05) is 0 Å². The van der Waals surface area contributed by atoms with E-state index < -0.39 is 5.91 Å². The maximum atomic E-state index is 11.6. The van der Waals surface area contributed by atoms with E-state index in [2.05, 4.69) is 16.0 Å². The molecule has 2 aromatic rings. The summed E-state index contributed by atoms with van der Waals surface area (Å²) in [4.78, 5) is 23.1. The van der Waals surface area contributed by atoms with E-state index in [0.29, 0.717) is 6.54 Å². The third-order valence-corrected chi connectivity index (χ3v) is 2.71. The molecule has 0 aliphatic heterocycles. The number of hydrogen-bond acceptors (Lipinski definition) is 4. The van der Waals surface area contributed by atoms with E-state index >= 15 is 0 Å². The molecule has 2 amide bonds. The van der Waals surface area contributed by atoms with Crippen LogP contribution in [0.5, 0.6) is 0 Å². The number of furan rings is 1. The van der Waals surface area contributed by atoms with Gasteiger partial charge in [-0.1, -0.05) is 0 Å². The van der Waals surface area contributed by atoms with Crippen LogP contribution in [0, 0.1) is 13.8 Å². The van der Waals surface area contributed by atoms with Gasteiger partial charge in [-0.2, -0.15) is 5.10 Å². The van der Waals surface area contributed by atoms with Crippen molar-refractivity contribution < 1.29 is 14.0 Å². The lowest BCUT2D eigenvalue weighted by Gasteiger charge is -2.07. The summed E-state index contributed by atoms with van der Waals surface area (Å²) in [5.41, 5.74) is 6.51. The summed E-state index contributed by atoms with van der Waals surface area (Å²) < 4.78 is 6.65. The highest BCUT2D eigenvalue weighted by Crippen LogP contribution is 2.02. The van der Waals surface area contributed by atoms with Crippen LogP contribution in [0.1, 0.15) is 28.4 Å². The second-order valence-electron chi connectivity index (χ2n) is 4.38.